The summed E-state index contributed by atoms with van der Waals surface area (Å²) in [7, 11) is -3.48. The Morgan fingerprint density at radius 3 is 2.14 bits per heavy atom. The largest absolute Gasteiger partial charge is 0.303 e. The minimum atomic E-state index is -3.48. The molecular weight excluding hydrogens is 352 g/mol. The Kier molecular flexibility index (Phi) is 3.71. The molecule has 2 aromatic carbocycles. The molecule has 0 radical (unpaired) electrons. The molecule has 21 heavy (non-hydrogen) atoms. The Labute approximate surface area is 132 Å². The van der Waals surface area contributed by atoms with Crippen LogP contribution in [0.2, 0.25) is 0 Å². The van der Waals surface area contributed by atoms with Gasteiger partial charge in [0, 0.05) is 16.3 Å². The fraction of sp³-hybridized carbons (Fsp3) is 0.188. The first kappa shape index (κ1) is 14.5. The lowest BCUT2D eigenvalue weighted by Gasteiger charge is -2.04. The Morgan fingerprint density at radius 2 is 1.57 bits per heavy atom. The zero-order valence-electron chi connectivity index (χ0n) is 11.0. The third kappa shape index (κ3) is 2.56. The van der Waals surface area contributed by atoms with E-state index in [1.807, 2.05) is 24.3 Å². The highest BCUT2D eigenvalue weighted by molar-refractivity contribution is 9.10. The first-order chi connectivity index (χ1) is 10.1. The molecule has 3 atom stereocenters. The minimum absolute atomic E-state index is 0.249. The summed E-state index contributed by atoms with van der Waals surface area (Å²) in [4.78, 5) is 11.5. The van der Waals surface area contributed by atoms with Gasteiger partial charge in [-0.2, -0.15) is 0 Å². The van der Waals surface area contributed by atoms with Crippen LogP contribution in [0, 0.1) is 5.92 Å². The topological polar surface area (TPSA) is 51.2 Å². The number of benzene rings is 2. The fourth-order valence-corrected chi connectivity index (χ4v) is 5.13. The molecule has 2 aromatic rings. The lowest BCUT2D eigenvalue weighted by Crippen LogP contribution is -2.10. The van der Waals surface area contributed by atoms with Crippen molar-refractivity contribution in [3.8, 4) is 0 Å². The number of halogens is 1. The van der Waals surface area contributed by atoms with E-state index in [0.29, 0.717) is 0 Å². The van der Waals surface area contributed by atoms with E-state index in [9.17, 15) is 13.2 Å². The van der Waals surface area contributed by atoms with Gasteiger partial charge in [0.05, 0.1) is 10.1 Å². The summed E-state index contributed by atoms with van der Waals surface area (Å²) in [6, 6.07) is 15.8. The zero-order chi connectivity index (χ0) is 15.0. The van der Waals surface area contributed by atoms with E-state index in [1.165, 1.54) is 0 Å². The molecule has 0 heterocycles. The molecule has 0 aliphatic heterocycles. The Bertz CT molecular complexity index is 754. The van der Waals surface area contributed by atoms with Crippen LogP contribution < -0.4 is 0 Å². The summed E-state index contributed by atoms with van der Waals surface area (Å²) in [5, 5.41) is -0.654. The predicted octanol–water partition coefficient (Wildman–Crippen LogP) is 3.20. The number of sulfone groups is 1. The van der Waals surface area contributed by atoms with E-state index in [2.05, 4.69) is 15.9 Å². The van der Waals surface area contributed by atoms with E-state index in [-0.39, 0.29) is 10.8 Å². The van der Waals surface area contributed by atoms with Crippen molar-refractivity contribution in [2.45, 2.75) is 16.1 Å². The van der Waals surface area contributed by atoms with Gasteiger partial charge in [-0.1, -0.05) is 46.3 Å². The van der Waals surface area contributed by atoms with E-state index >= 15 is 0 Å². The van der Waals surface area contributed by atoms with Crippen LogP contribution in [0.3, 0.4) is 0 Å². The highest BCUT2D eigenvalue weighted by atomic mass is 79.9. The average Bonchev–Trinajstić information content (AvgIpc) is 3.24. The molecule has 108 valence electrons. The molecule has 1 aliphatic carbocycles. The van der Waals surface area contributed by atoms with Gasteiger partial charge in [-0.3, -0.25) is 0 Å². The second kappa shape index (κ2) is 5.39. The maximum absolute atomic E-state index is 12.6. The number of hydrogen-bond donors (Lipinski definition) is 0. The smallest absolute Gasteiger partial charge is 0.182 e. The molecule has 0 bridgehead atoms. The number of rotatable bonds is 4. The predicted molar refractivity (Wildman–Crippen MR) is 83.9 cm³/mol. The van der Waals surface area contributed by atoms with Crippen molar-refractivity contribution in [3.63, 3.8) is 0 Å². The minimum Gasteiger partial charge on any atom is -0.303 e. The monoisotopic (exact) mass is 364 g/mol. The third-order valence-electron chi connectivity index (χ3n) is 3.85. The number of carbonyl (C=O) groups is 1. The first-order valence-corrected chi connectivity index (χ1v) is 8.89. The summed E-state index contributed by atoms with van der Waals surface area (Å²) in [6.07, 6.45) is 0.762. The summed E-state index contributed by atoms with van der Waals surface area (Å²) in [5.41, 5.74) is 0.889. The standard InChI is InChI=1S/C16H13BrO3S/c17-12-8-6-11(7-9-12)15-14(10-18)16(15)21(19,20)13-4-2-1-3-5-13/h1-10,14-16H/t14-,15+,16-/m1/s1. The molecule has 0 amide bonds. The maximum atomic E-state index is 12.6. The SMILES string of the molecule is O=C[C@@H]1[C@H](c2ccc(Br)cc2)[C@@H]1S(=O)(=O)c1ccccc1. The van der Waals surface area contributed by atoms with Crippen molar-refractivity contribution in [1.82, 2.24) is 0 Å². The van der Waals surface area contributed by atoms with Gasteiger partial charge in [0.15, 0.2) is 9.84 Å². The molecule has 0 saturated heterocycles. The van der Waals surface area contributed by atoms with Gasteiger partial charge in [-0.15, -0.1) is 0 Å². The summed E-state index contributed by atoms with van der Waals surface area (Å²) in [6.45, 7) is 0. The molecule has 3 rings (SSSR count). The third-order valence-corrected chi connectivity index (χ3v) is 6.63. The van der Waals surface area contributed by atoms with Crippen LogP contribution in [-0.2, 0) is 14.6 Å². The fourth-order valence-electron chi connectivity index (χ4n) is 2.73. The van der Waals surface area contributed by atoms with Crippen LogP contribution >= 0.6 is 15.9 Å². The van der Waals surface area contributed by atoms with Crippen molar-refractivity contribution in [2.24, 2.45) is 5.92 Å². The first-order valence-electron chi connectivity index (χ1n) is 6.55. The number of aldehydes is 1. The molecule has 0 N–H and O–H groups in total. The molecule has 1 aliphatic rings. The summed E-state index contributed by atoms with van der Waals surface area (Å²) >= 11 is 3.35. The summed E-state index contributed by atoms with van der Waals surface area (Å²) < 4.78 is 26.2. The average molecular weight is 365 g/mol. The Hall–Kier alpha value is -1.46. The Morgan fingerprint density at radius 1 is 0.952 bits per heavy atom. The van der Waals surface area contributed by atoms with Gasteiger partial charge in [-0.05, 0) is 29.8 Å². The summed E-state index contributed by atoms with van der Waals surface area (Å²) in [5.74, 6) is -0.711. The van der Waals surface area contributed by atoms with Crippen molar-refractivity contribution >= 4 is 32.1 Å². The van der Waals surface area contributed by atoms with Crippen molar-refractivity contribution < 1.29 is 13.2 Å². The van der Waals surface area contributed by atoms with Gasteiger partial charge in [-0.25, -0.2) is 8.42 Å². The normalized spacial score (nSPS) is 24.5. The number of hydrogen-bond acceptors (Lipinski definition) is 3. The highest BCUT2D eigenvalue weighted by Crippen LogP contribution is 2.52. The van der Waals surface area contributed by atoms with Crippen LogP contribution in [0.1, 0.15) is 11.5 Å². The van der Waals surface area contributed by atoms with Crippen LogP contribution in [0.15, 0.2) is 64.0 Å². The van der Waals surface area contributed by atoms with Crippen LogP contribution in [0.4, 0.5) is 0 Å². The van der Waals surface area contributed by atoms with Gasteiger partial charge in [0.1, 0.15) is 6.29 Å². The van der Waals surface area contributed by atoms with Crippen LogP contribution in [0.25, 0.3) is 0 Å². The second-order valence-corrected chi connectivity index (χ2v) is 8.13. The van der Waals surface area contributed by atoms with Gasteiger partial charge >= 0.3 is 0 Å². The van der Waals surface area contributed by atoms with E-state index < -0.39 is 21.0 Å². The van der Waals surface area contributed by atoms with Gasteiger partial charge in [0.2, 0.25) is 0 Å². The molecule has 1 fully saturated rings. The zero-order valence-corrected chi connectivity index (χ0v) is 13.4. The van der Waals surface area contributed by atoms with E-state index in [1.54, 1.807) is 30.3 Å². The van der Waals surface area contributed by atoms with Crippen molar-refractivity contribution in [3.05, 3.63) is 64.6 Å². The van der Waals surface area contributed by atoms with Crippen molar-refractivity contribution in [2.75, 3.05) is 0 Å². The maximum Gasteiger partial charge on any atom is 0.182 e. The van der Waals surface area contributed by atoms with Crippen LogP contribution in [-0.4, -0.2) is 20.0 Å². The number of carbonyl (C=O) groups excluding carboxylic acids is 1. The van der Waals surface area contributed by atoms with E-state index in [0.717, 1.165) is 16.3 Å². The van der Waals surface area contributed by atoms with Crippen LogP contribution in [0.5, 0.6) is 0 Å². The van der Waals surface area contributed by atoms with Gasteiger partial charge < -0.3 is 4.79 Å². The molecule has 0 unspecified atom stereocenters. The lowest BCUT2D eigenvalue weighted by molar-refractivity contribution is -0.108. The molecule has 0 spiro atoms. The molecule has 1 saturated carbocycles. The quantitative estimate of drug-likeness (QED) is 0.782. The van der Waals surface area contributed by atoms with Gasteiger partial charge in [0.25, 0.3) is 0 Å². The molecule has 0 aromatic heterocycles. The molecule has 3 nitrogen and oxygen atoms in total. The van der Waals surface area contributed by atoms with Crippen molar-refractivity contribution in [1.29, 1.82) is 0 Å². The lowest BCUT2D eigenvalue weighted by atomic mass is 10.1. The highest BCUT2D eigenvalue weighted by Gasteiger charge is 2.58. The second-order valence-electron chi connectivity index (χ2n) is 5.11. The molecule has 5 heteroatoms. The van der Waals surface area contributed by atoms with E-state index in [4.69, 9.17) is 0 Å². The Balaban J connectivity index is 1.96. The molecular formula is C16H13BrO3S.